The van der Waals surface area contributed by atoms with Crippen molar-refractivity contribution in [1.82, 2.24) is 10.6 Å². The second kappa shape index (κ2) is 8.25. The second-order valence-electron chi connectivity index (χ2n) is 5.33. The van der Waals surface area contributed by atoms with Gasteiger partial charge in [-0.25, -0.2) is 0 Å². The number of hydrogen-bond donors (Lipinski definition) is 2. The highest BCUT2D eigenvalue weighted by Crippen LogP contribution is 2.17. The number of non-ortho nitro benzene ring substituents is 1. The zero-order valence-corrected chi connectivity index (χ0v) is 14.1. The molecule has 0 unspecified atom stereocenters. The number of nitro benzene ring substituents is 1. The van der Waals surface area contributed by atoms with Crippen LogP contribution in [0.25, 0.3) is 0 Å². The smallest absolute Gasteiger partial charge is 0.270 e. The van der Waals surface area contributed by atoms with Crippen LogP contribution in [0.5, 0.6) is 0 Å². The highest BCUT2D eigenvalue weighted by Gasteiger charge is 2.14. The lowest BCUT2D eigenvalue weighted by molar-refractivity contribution is -0.384. The van der Waals surface area contributed by atoms with Crippen LogP contribution in [0.3, 0.4) is 0 Å². The summed E-state index contributed by atoms with van der Waals surface area (Å²) in [4.78, 5) is 34.1. The normalized spacial score (nSPS) is 11.4. The van der Waals surface area contributed by atoms with E-state index in [9.17, 15) is 19.7 Å². The Labute approximate surface area is 149 Å². The zero-order chi connectivity index (χ0) is 18.4. The van der Waals surface area contributed by atoms with E-state index in [-0.39, 0.29) is 29.7 Å². The molecule has 0 radical (unpaired) electrons. The molecule has 2 amide bonds. The molecule has 2 rings (SSSR count). The first-order valence-corrected chi connectivity index (χ1v) is 7.82. The summed E-state index contributed by atoms with van der Waals surface area (Å²) in [5.41, 5.74) is 0.766. The Morgan fingerprint density at radius 1 is 1.20 bits per heavy atom. The summed E-state index contributed by atoms with van der Waals surface area (Å²) >= 11 is 5.91. The first-order chi connectivity index (χ1) is 11.9. The Hall–Kier alpha value is -2.93. The number of benzene rings is 2. The highest BCUT2D eigenvalue weighted by molar-refractivity contribution is 6.30. The summed E-state index contributed by atoms with van der Waals surface area (Å²) in [7, 11) is 0. The van der Waals surface area contributed by atoms with Crippen molar-refractivity contribution in [2.24, 2.45) is 0 Å². The number of hydrogen-bond acceptors (Lipinski definition) is 4. The molecule has 7 nitrogen and oxygen atoms in total. The van der Waals surface area contributed by atoms with Gasteiger partial charge in [-0.1, -0.05) is 29.8 Å². The fourth-order valence-electron chi connectivity index (χ4n) is 2.18. The molecule has 0 heterocycles. The molecule has 2 aromatic rings. The summed E-state index contributed by atoms with van der Waals surface area (Å²) in [6.07, 6.45) is 0. The summed E-state index contributed by atoms with van der Waals surface area (Å²) < 4.78 is 0. The van der Waals surface area contributed by atoms with Crippen LogP contribution >= 0.6 is 11.6 Å². The third-order valence-electron chi connectivity index (χ3n) is 3.45. The molecule has 1 atom stereocenters. The molecule has 2 aromatic carbocycles. The van der Waals surface area contributed by atoms with Crippen LogP contribution in [-0.4, -0.2) is 23.3 Å². The van der Waals surface area contributed by atoms with E-state index in [1.807, 2.05) is 6.07 Å². The van der Waals surface area contributed by atoms with Crippen LogP contribution in [0.1, 0.15) is 28.9 Å². The average Bonchev–Trinajstić information content (AvgIpc) is 2.59. The molecule has 0 fully saturated rings. The van der Waals surface area contributed by atoms with Gasteiger partial charge in [-0.15, -0.1) is 0 Å². The maximum atomic E-state index is 12.0. The number of halogens is 1. The fourth-order valence-corrected chi connectivity index (χ4v) is 2.37. The van der Waals surface area contributed by atoms with Crippen LogP contribution in [0.4, 0.5) is 5.69 Å². The Morgan fingerprint density at radius 2 is 1.92 bits per heavy atom. The topological polar surface area (TPSA) is 101 Å². The molecule has 0 bridgehead atoms. The monoisotopic (exact) mass is 361 g/mol. The summed E-state index contributed by atoms with van der Waals surface area (Å²) in [6, 6.07) is 12.1. The average molecular weight is 362 g/mol. The number of nitro groups is 1. The molecule has 0 aliphatic rings. The number of carbonyl (C=O) groups is 2. The van der Waals surface area contributed by atoms with Gasteiger partial charge in [0.25, 0.3) is 11.6 Å². The van der Waals surface area contributed by atoms with Gasteiger partial charge < -0.3 is 10.6 Å². The number of amides is 2. The van der Waals surface area contributed by atoms with Gasteiger partial charge in [0.2, 0.25) is 5.91 Å². The van der Waals surface area contributed by atoms with Crippen molar-refractivity contribution in [2.75, 3.05) is 6.54 Å². The van der Waals surface area contributed by atoms with Gasteiger partial charge in [-0.05, 0) is 30.7 Å². The van der Waals surface area contributed by atoms with Gasteiger partial charge in [0.05, 0.1) is 17.5 Å². The zero-order valence-electron chi connectivity index (χ0n) is 13.4. The molecule has 0 aliphatic heterocycles. The van der Waals surface area contributed by atoms with Gasteiger partial charge in [0, 0.05) is 22.7 Å². The van der Waals surface area contributed by atoms with Gasteiger partial charge >= 0.3 is 0 Å². The number of rotatable bonds is 6. The van der Waals surface area contributed by atoms with Gasteiger partial charge in [0.15, 0.2) is 0 Å². The van der Waals surface area contributed by atoms with Crippen molar-refractivity contribution in [2.45, 2.75) is 13.0 Å². The van der Waals surface area contributed by atoms with E-state index in [1.165, 1.54) is 18.2 Å². The van der Waals surface area contributed by atoms with Crippen molar-refractivity contribution < 1.29 is 14.5 Å². The number of carbonyl (C=O) groups excluding carboxylic acids is 2. The molecule has 0 aromatic heterocycles. The molecule has 2 N–H and O–H groups in total. The lowest BCUT2D eigenvalue weighted by atomic mass is 10.1. The van der Waals surface area contributed by atoms with E-state index >= 15 is 0 Å². The van der Waals surface area contributed by atoms with E-state index in [0.717, 1.165) is 11.6 Å². The second-order valence-corrected chi connectivity index (χ2v) is 5.77. The van der Waals surface area contributed by atoms with Gasteiger partial charge in [-0.2, -0.15) is 0 Å². The maximum Gasteiger partial charge on any atom is 0.270 e. The highest BCUT2D eigenvalue weighted by atomic mass is 35.5. The molecule has 0 aliphatic carbocycles. The van der Waals surface area contributed by atoms with Crippen molar-refractivity contribution in [3.8, 4) is 0 Å². The Balaban J connectivity index is 1.90. The van der Waals surface area contributed by atoms with Crippen molar-refractivity contribution >= 4 is 29.1 Å². The molecule has 130 valence electrons. The molecule has 0 saturated carbocycles. The Kier molecular flexibility index (Phi) is 6.08. The van der Waals surface area contributed by atoms with E-state index in [2.05, 4.69) is 10.6 Å². The van der Waals surface area contributed by atoms with E-state index in [1.54, 1.807) is 25.1 Å². The summed E-state index contributed by atoms with van der Waals surface area (Å²) in [5.74, 6) is -0.944. The summed E-state index contributed by atoms with van der Waals surface area (Å²) in [6.45, 7) is 1.55. The molecule has 25 heavy (non-hydrogen) atoms. The third-order valence-corrected chi connectivity index (χ3v) is 3.69. The van der Waals surface area contributed by atoms with Crippen molar-refractivity contribution in [3.05, 3.63) is 74.8 Å². The Morgan fingerprint density at radius 3 is 2.60 bits per heavy atom. The van der Waals surface area contributed by atoms with Crippen LogP contribution in [-0.2, 0) is 4.79 Å². The number of nitrogens with zero attached hydrogens (tertiary/aromatic N) is 1. The predicted octanol–water partition coefficient (Wildman–Crippen LogP) is 2.86. The fraction of sp³-hybridized carbons (Fsp3) is 0.176. The first kappa shape index (κ1) is 18.4. The molecule has 0 saturated heterocycles. The maximum absolute atomic E-state index is 12.0. The standard InChI is InChI=1S/C17H16ClN3O4/c1-11(12-4-2-6-14(18)8-12)20-16(22)10-19-17(23)13-5-3-7-15(9-13)21(24)25/h2-9,11H,10H2,1H3,(H,19,23)(H,20,22)/t11-/m1/s1. The molecule has 8 heteroatoms. The molecular formula is C17H16ClN3O4. The number of nitrogens with one attached hydrogen (secondary N) is 2. The summed E-state index contributed by atoms with van der Waals surface area (Å²) in [5, 5.41) is 16.5. The van der Waals surface area contributed by atoms with Crippen LogP contribution < -0.4 is 10.6 Å². The largest absolute Gasteiger partial charge is 0.348 e. The van der Waals surface area contributed by atoms with Crippen LogP contribution in [0.2, 0.25) is 5.02 Å². The molecular weight excluding hydrogens is 346 g/mol. The van der Waals surface area contributed by atoms with Crippen molar-refractivity contribution in [1.29, 1.82) is 0 Å². The predicted molar refractivity (Wildman–Crippen MR) is 93.4 cm³/mol. The van der Waals surface area contributed by atoms with Gasteiger partial charge in [-0.3, -0.25) is 19.7 Å². The minimum absolute atomic E-state index is 0.116. The van der Waals surface area contributed by atoms with Crippen molar-refractivity contribution in [3.63, 3.8) is 0 Å². The third kappa shape index (κ3) is 5.29. The minimum atomic E-state index is -0.587. The Bertz CT molecular complexity index is 810. The lowest BCUT2D eigenvalue weighted by Gasteiger charge is -2.15. The minimum Gasteiger partial charge on any atom is -0.348 e. The first-order valence-electron chi connectivity index (χ1n) is 7.44. The van der Waals surface area contributed by atoms with E-state index in [4.69, 9.17) is 11.6 Å². The van der Waals surface area contributed by atoms with E-state index in [0.29, 0.717) is 5.02 Å². The van der Waals surface area contributed by atoms with Crippen LogP contribution in [0.15, 0.2) is 48.5 Å². The van der Waals surface area contributed by atoms with Gasteiger partial charge in [0.1, 0.15) is 0 Å². The molecule has 0 spiro atoms. The van der Waals surface area contributed by atoms with Crippen LogP contribution in [0, 0.1) is 10.1 Å². The SMILES string of the molecule is C[C@@H](NC(=O)CNC(=O)c1cccc([N+](=O)[O-])c1)c1cccc(Cl)c1. The quantitative estimate of drug-likeness (QED) is 0.610. The van der Waals surface area contributed by atoms with E-state index < -0.39 is 10.8 Å². The lowest BCUT2D eigenvalue weighted by Crippen LogP contribution is -2.38.